The minimum atomic E-state index is -0.786. The van der Waals surface area contributed by atoms with E-state index in [0.29, 0.717) is 23.4 Å². The van der Waals surface area contributed by atoms with E-state index in [1.165, 1.54) is 0 Å². The fraction of sp³-hybridized carbons (Fsp3) is 0.333. The number of ether oxygens (including phenoxy) is 1. The highest BCUT2D eigenvalue weighted by Gasteiger charge is 2.29. The van der Waals surface area contributed by atoms with E-state index in [0.717, 1.165) is 11.8 Å². The number of hydrogen-bond acceptors (Lipinski definition) is 4. The van der Waals surface area contributed by atoms with Gasteiger partial charge in [-0.15, -0.1) is 0 Å². The lowest BCUT2D eigenvalue weighted by Gasteiger charge is -2.12. The number of furan rings is 1. The van der Waals surface area contributed by atoms with Crippen molar-refractivity contribution in [3.8, 4) is 0 Å². The van der Waals surface area contributed by atoms with Gasteiger partial charge in [0, 0.05) is 22.9 Å². The molecule has 1 saturated carbocycles. The number of benzene rings is 1. The highest BCUT2D eigenvalue weighted by atomic mass is 35.5. The molecule has 0 radical (unpaired) electrons. The van der Waals surface area contributed by atoms with Crippen LogP contribution in [0.5, 0.6) is 0 Å². The number of primary amides is 1. The van der Waals surface area contributed by atoms with Crippen LogP contribution in [-0.4, -0.2) is 24.1 Å². The number of fused-ring (bicyclic) bond motifs is 1. The highest BCUT2D eigenvalue weighted by molar-refractivity contribution is 6.31. The lowest BCUT2D eigenvalue weighted by atomic mass is 10.2. The fourth-order valence-electron chi connectivity index (χ4n) is 2.73. The fourth-order valence-corrected chi connectivity index (χ4v) is 2.91. The Balaban J connectivity index is 1.65. The summed E-state index contributed by atoms with van der Waals surface area (Å²) in [5.74, 6) is -0.0615. The van der Waals surface area contributed by atoms with Crippen molar-refractivity contribution >= 4 is 34.6 Å². The SMILES string of the molecule is NC(=O)OC1CCC(NC(=O)c2cc3cc(Cl)ccc3o2)C1. The second-order valence-corrected chi connectivity index (χ2v) is 5.77. The van der Waals surface area contributed by atoms with E-state index < -0.39 is 6.09 Å². The maximum Gasteiger partial charge on any atom is 0.404 e. The molecule has 2 unspecified atom stereocenters. The van der Waals surface area contributed by atoms with Gasteiger partial charge in [-0.05, 0) is 37.1 Å². The number of carbonyl (C=O) groups is 2. The zero-order valence-electron chi connectivity index (χ0n) is 11.7. The molecule has 3 N–H and O–H groups in total. The molecule has 0 aliphatic heterocycles. The van der Waals surface area contributed by atoms with E-state index in [9.17, 15) is 9.59 Å². The Morgan fingerprint density at radius 2 is 2.14 bits per heavy atom. The molecule has 1 heterocycles. The molecule has 1 fully saturated rings. The highest BCUT2D eigenvalue weighted by Crippen LogP contribution is 2.25. The Morgan fingerprint density at radius 1 is 1.32 bits per heavy atom. The molecule has 1 aliphatic rings. The number of carbonyl (C=O) groups excluding carboxylic acids is 2. The second kappa shape index (κ2) is 5.88. The summed E-state index contributed by atoms with van der Waals surface area (Å²) in [5, 5.41) is 4.24. The summed E-state index contributed by atoms with van der Waals surface area (Å²) in [4.78, 5) is 22.9. The van der Waals surface area contributed by atoms with E-state index in [1.54, 1.807) is 24.3 Å². The van der Waals surface area contributed by atoms with Crippen molar-refractivity contribution in [1.29, 1.82) is 0 Å². The van der Waals surface area contributed by atoms with Gasteiger partial charge in [-0.3, -0.25) is 4.79 Å². The van der Waals surface area contributed by atoms with E-state index in [-0.39, 0.29) is 23.8 Å². The standard InChI is InChI=1S/C15H15ClN2O4/c16-9-1-4-12-8(5-9)6-13(22-12)14(19)18-10-2-3-11(7-10)21-15(17)20/h1,4-6,10-11H,2-3,7H2,(H2,17,20)(H,18,19). The molecule has 1 aromatic heterocycles. The zero-order chi connectivity index (χ0) is 15.7. The minimum absolute atomic E-state index is 0.0614. The van der Waals surface area contributed by atoms with Crippen molar-refractivity contribution in [2.24, 2.45) is 5.73 Å². The monoisotopic (exact) mass is 322 g/mol. The van der Waals surface area contributed by atoms with Crippen molar-refractivity contribution < 1.29 is 18.7 Å². The third-order valence-corrected chi connectivity index (χ3v) is 3.94. The smallest absolute Gasteiger partial charge is 0.404 e. The summed E-state index contributed by atoms with van der Waals surface area (Å²) >= 11 is 5.91. The van der Waals surface area contributed by atoms with Crippen LogP contribution in [0.2, 0.25) is 5.02 Å². The number of halogens is 1. The summed E-state index contributed by atoms with van der Waals surface area (Å²) in [6, 6.07) is 6.76. The van der Waals surface area contributed by atoms with Gasteiger partial charge < -0.3 is 20.2 Å². The summed E-state index contributed by atoms with van der Waals surface area (Å²) in [5.41, 5.74) is 5.60. The van der Waals surface area contributed by atoms with Gasteiger partial charge in [0.15, 0.2) is 5.76 Å². The number of nitrogens with two attached hydrogens (primary N) is 1. The molecule has 6 nitrogen and oxygen atoms in total. The van der Waals surface area contributed by atoms with Crippen molar-refractivity contribution in [2.45, 2.75) is 31.4 Å². The van der Waals surface area contributed by atoms with Crippen LogP contribution in [0, 0.1) is 0 Å². The van der Waals surface area contributed by atoms with Crippen LogP contribution in [0.4, 0.5) is 4.79 Å². The molecule has 1 aliphatic carbocycles. The van der Waals surface area contributed by atoms with Gasteiger partial charge in [0.2, 0.25) is 0 Å². The predicted octanol–water partition coefficient (Wildman–Crippen LogP) is 2.83. The predicted molar refractivity (Wildman–Crippen MR) is 80.8 cm³/mol. The van der Waals surface area contributed by atoms with Crippen molar-refractivity contribution in [3.63, 3.8) is 0 Å². The topological polar surface area (TPSA) is 94.6 Å². The summed E-state index contributed by atoms with van der Waals surface area (Å²) < 4.78 is 10.4. The van der Waals surface area contributed by atoms with Gasteiger partial charge in [0.05, 0.1) is 0 Å². The second-order valence-electron chi connectivity index (χ2n) is 5.34. The number of hydrogen-bond donors (Lipinski definition) is 2. The van der Waals surface area contributed by atoms with E-state index >= 15 is 0 Å². The van der Waals surface area contributed by atoms with E-state index in [4.69, 9.17) is 26.5 Å². The molecule has 7 heteroatoms. The Hall–Kier alpha value is -2.21. The molecule has 2 amide bonds. The first-order valence-electron chi connectivity index (χ1n) is 6.97. The lowest BCUT2D eigenvalue weighted by molar-refractivity contribution is 0.0901. The molecule has 2 atom stereocenters. The average Bonchev–Trinajstić information content (AvgIpc) is 3.04. The van der Waals surface area contributed by atoms with Crippen molar-refractivity contribution in [1.82, 2.24) is 5.32 Å². The van der Waals surface area contributed by atoms with Crippen LogP contribution in [0.15, 0.2) is 28.7 Å². The normalized spacial score (nSPS) is 21.0. The van der Waals surface area contributed by atoms with Crippen molar-refractivity contribution in [3.05, 3.63) is 35.0 Å². The van der Waals surface area contributed by atoms with Gasteiger partial charge in [-0.1, -0.05) is 11.6 Å². The van der Waals surface area contributed by atoms with Gasteiger partial charge in [-0.2, -0.15) is 0 Å². The summed E-state index contributed by atoms with van der Waals surface area (Å²) in [6.07, 6.45) is 0.948. The van der Waals surface area contributed by atoms with Crippen LogP contribution in [-0.2, 0) is 4.74 Å². The van der Waals surface area contributed by atoms with E-state index in [1.807, 2.05) is 0 Å². The maximum atomic E-state index is 12.2. The molecule has 0 bridgehead atoms. The largest absolute Gasteiger partial charge is 0.451 e. The Kier molecular flexibility index (Phi) is 3.94. The third-order valence-electron chi connectivity index (χ3n) is 3.70. The molecule has 0 spiro atoms. The summed E-state index contributed by atoms with van der Waals surface area (Å²) in [7, 11) is 0. The minimum Gasteiger partial charge on any atom is -0.451 e. The van der Waals surface area contributed by atoms with E-state index in [2.05, 4.69) is 5.32 Å². The van der Waals surface area contributed by atoms with Gasteiger partial charge in [0.1, 0.15) is 11.7 Å². The molecular weight excluding hydrogens is 308 g/mol. The van der Waals surface area contributed by atoms with Gasteiger partial charge in [0.25, 0.3) is 5.91 Å². The first-order chi connectivity index (χ1) is 10.5. The first kappa shape index (κ1) is 14.7. The summed E-state index contributed by atoms with van der Waals surface area (Å²) in [6.45, 7) is 0. The first-order valence-corrected chi connectivity index (χ1v) is 7.35. The molecule has 2 aromatic rings. The molecule has 1 aromatic carbocycles. The van der Waals surface area contributed by atoms with Crippen LogP contribution in [0.1, 0.15) is 29.8 Å². The van der Waals surface area contributed by atoms with Gasteiger partial charge >= 0.3 is 6.09 Å². The molecule has 22 heavy (non-hydrogen) atoms. The molecular formula is C15H15ClN2O4. The molecule has 0 saturated heterocycles. The number of amides is 2. The van der Waals surface area contributed by atoms with Crippen LogP contribution < -0.4 is 11.1 Å². The lowest BCUT2D eigenvalue weighted by Crippen LogP contribution is -2.33. The molecule has 3 rings (SSSR count). The average molecular weight is 323 g/mol. The number of nitrogens with one attached hydrogen (secondary N) is 1. The van der Waals surface area contributed by atoms with Crippen molar-refractivity contribution in [2.75, 3.05) is 0 Å². The van der Waals surface area contributed by atoms with Crippen LogP contribution >= 0.6 is 11.6 Å². The quantitative estimate of drug-likeness (QED) is 0.908. The van der Waals surface area contributed by atoms with Gasteiger partial charge in [-0.25, -0.2) is 4.79 Å². The van der Waals surface area contributed by atoms with Crippen LogP contribution in [0.3, 0.4) is 0 Å². The zero-order valence-corrected chi connectivity index (χ0v) is 12.4. The number of rotatable bonds is 3. The Morgan fingerprint density at radius 3 is 2.91 bits per heavy atom. The third kappa shape index (κ3) is 3.17. The molecule has 116 valence electrons. The Bertz CT molecular complexity index is 727. The van der Waals surface area contributed by atoms with Crippen LogP contribution in [0.25, 0.3) is 11.0 Å². The Labute approximate surface area is 131 Å². The maximum absolute atomic E-state index is 12.2.